The third-order valence-corrected chi connectivity index (χ3v) is 5.84. The number of rotatable bonds is 3. The Kier molecular flexibility index (Phi) is 4.33. The van der Waals surface area contributed by atoms with Gasteiger partial charge in [0, 0.05) is 36.9 Å². The number of fused-ring (bicyclic) bond motifs is 2. The van der Waals surface area contributed by atoms with Crippen molar-refractivity contribution in [3.8, 4) is 0 Å². The molecule has 1 aromatic rings. The normalized spacial score (nSPS) is 31.4. The van der Waals surface area contributed by atoms with Crippen LogP contribution in [0.15, 0.2) is 24.3 Å². The standard InChI is InChI=1S/C18H21ClN2O4/c19-11-2-1-3-12(10-11)20-6-8-21(9-7-20)17(22)15-13-4-5-14(25-13)16(15)18(23)24/h1-3,10,13-16H,4-9H2,(H,23,24)/t13-,14-,15+,16-/m1/s1. The lowest BCUT2D eigenvalue weighted by molar-refractivity contribution is -0.151. The van der Waals surface area contributed by atoms with Crippen molar-refractivity contribution in [3.05, 3.63) is 29.3 Å². The second kappa shape index (κ2) is 6.50. The zero-order valence-electron chi connectivity index (χ0n) is 13.8. The molecule has 0 saturated carbocycles. The molecule has 0 radical (unpaired) electrons. The number of carbonyl (C=O) groups is 2. The molecule has 1 amide bonds. The first kappa shape index (κ1) is 16.7. The number of carboxylic acids is 1. The van der Waals surface area contributed by atoms with Crippen LogP contribution in [0, 0.1) is 11.8 Å². The molecule has 25 heavy (non-hydrogen) atoms. The first-order chi connectivity index (χ1) is 12.0. The van der Waals surface area contributed by atoms with Gasteiger partial charge in [0.05, 0.1) is 24.0 Å². The van der Waals surface area contributed by atoms with Crippen LogP contribution in [0.1, 0.15) is 12.8 Å². The summed E-state index contributed by atoms with van der Waals surface area (Å²) in [5.41, 5.74) is 1.05. The van der Waals surface area contributed by atoms with E-state index in [1.54, 1.807) is 4.90 Å². The van der Waals surface area contributed by atoms with Gasteiger partial charge in [0.15, 0.2) is 0 Å². The molecule has 0 unspecified atom stereocenters. The molecule has 1 aromatic carbocycles. The molecule has 7 heteroatoms. The SMILES string of the molecule is O=C(O)[C@H]1[C@@H](C(=O)N2CCN(c3cccc(Cl)c3)CC2)[C@H]2CC[C@H]1O2. The van der Waals surface area contributed by atoms with Crippen molar-refractivity contribution in [2.24, 2.45) is 11.8 Å². The van der Waals surface area contributed by atoms with Crippen molar-refractivity contribution in [3.63, 3.8) is 0 Å². The summed E-state index contributed by atoms with van der Waals surface area (Å²) in [5.74, 6) is -2.21. The Hall–Kier alpha value is -1.79. The average molecular weight is 365 g/mol. The van der Waals surface area contributed by atoms with E-state index in [2.05, 4.69) is 4.90 Å². The van der Waals surface area contributed by atoms with Gasteiger partial charge >= 0.3 is 5.97 Å². The van der Waals surface area contributed by atoms with E-state index in [1.165, 1.54) is 0 Å². The van der Waals surface area contributed by atoms with Gasteiger partial charge in [-0.3, -0.25) is 9.59 Å². The maximum atomic E-state index is 12.9. The van der Waals surface area contributed by atoms with Gasteiger partial charge in [-0.1, -0.05) is 17.7 Å². The molecule has 0 aromatic heterocycles. The number of amides is 1. The fourth-order valence-corrected chi connectivity index (χ4v) is 4.56. The summed E-state index contributed by atoms with van der Waals surface area (Å²) in [6, 6.07) is 7.68. The van der Waals surface area contributed by atoms with Crippen LogP contribution in [-0.2, 0) is 14.3 Å². The average Bonchev–Trinajstić information content (AvgIpc) is 3.22. The van der Waals surface area contributed by atoms with Crippen LogP contribution < -0.4 is 4.90 Å². The lowest BCUT2D eigenvalue weighted by atomic mass is 9.78. The van der Waals surface area contributed by atoms with Gasteiger partial charge < -0.3 is 19.6 Å². The van der Waals surface area contributed by atoms with E-state index < -0.39 is 17.8 Å². The smallest absolute Gasteiger partial charge is 0.310 e. The van der Waals surface area contributed by atoms with Crippen molar-refractivity contribution >= 4 is 29.2 Å². The van der Waals surface area contributed by atoms with Crippen molar-refractivity contribution in [1.29, 1.82) is 0 Å². The lowest BCUT2D eigenvalue weighted by Gasteiger charge is -2.38. The summed E-state index contributed by atoms with van der Waals surface area (Å²) >= 11 is 6.05. The van der Waals surface area contributed by atoms with Gasteiger partial charge in [0.1, 0.15) is 0 Å². The molecule has 6 nitrogen and oxygen atoms in total. The van der Waals surface area contributed by atoms with E-state index in [0.717, 1.165) is 18.5 Å². The number of aliphatic carboxylic acids is 1. The van der Waals surface area contributed by atoms with Crippen molar-refractivity contribution in [2.45, 2.75) is 25.0 Å². The number of halogens is 1. The van der Waals surface area contributed by atoms with Crippen LogP contribution >= 0.6 is 11.6 Å². The highest BCUT2D eigenvalue weighted by atomic mass is 35.5. The van der Waals surface area contributed by atoms with E-state index in [0.29, 0.717) is 31.2 Å². The fourth-order valence-electron chi connectivity index (χ4n) is 4.37. The van der Waals surface area contributed by atoms with Gasteiger partial charge in [-0.05, 0) is 31.0 Å². The van der Waals surface area contributed by atoms with Crippen LogP contribution in [0.3, 0.4) is 0 Å². The summed E-state index contributed by atoms with van der Waals surface area (Å²) in [7, 11) is 0. The Morgan fingerprint density at radius 2 is 1.76 bits per heavy atom. The highest BCUT2D eigenvalue weighted by Crippen LogP contribution is 2.44. The van der Waals surface area contributed by atoms with Crippen molar-refractivity contribution in [2.75, 3.05) is 31.1 Å². The first-order valence-electron chi connectivity index (χ1n) is 8.72. The second-order valence-corrected chi connectivity index (χ2v) is 7.41. The molecule has 0 spiro atoms. The number of benzene rings is 1. The number of piperazine rings is 1. The minimum Gasteiger partial charge on any atom is -0.481 e. The van der Waals surface area contributed by atoms with Gasteiger partial charge in [-0.15, -0.1) is 0 Å². The Balaban J connectivity index is 1.42. The number of ether oxygens (including phenoxy) is 1. The van der Waals surface area contributed by atoms with Crippen molar-refractivity contribution < 1.29 is 19.4 Å². The molecule has 0 aliphatic carbocycles. The van der Waals surface area contributed by atoms with Gasteiger partial charge in [-0.2, -0.15) is 0 Å². The summed E-state index contributed by atoms with van der Waals surface area (Å²) in [6.07, 6.45) is 0.996. The minimum absolute atomic E-state index is 0.0645. The molecule has 2 bridgehead atoms. The molecule has 3 aliphatic rings. The van der Waals surface area contributed by atoms with Crippen molar-refractivity contribution in [1.82, 2.24) is 4.90 Å². The Morgan fingerprint density at radius 1 is 1.08 bits per heavy atom. The summed E-state index contributed by atoms with van der Waals surface area (Å²) < 4.78 is 5.72. The van der Waals surface area contributed by atoms with Gasteiger partial charge in [0.2, 0.25) is 5.91 Å². The predicted molar refractivity (Wildman–Crippen MR) is 92.8 cm³/mol. The lowest BCUT2D eigenvalue weighted by Crippen LogP contribution is -2.53. The molecule has 3 heterocycles. The fraction of sp³-hybridized carbons (Fsp3) is 0.556. The van der Waals surface area contributed by atoms with E-state index in [4.69, 9.17) is 16.3 Å². The molecule has 1 N–H and O–H groups in total. The molecule has 4 rings (SSSR count). The van der Waals surface area contributed by atoms with E-state index in [-0.39, 0.29) is 18.1 Å². The molecule has 3 fully saturated rings. The van der Waals surface area contributed by atoms with Gasteiger partial charge in [0.25, 0.3) is 0 Å². The van der Waals surface area contributed by atoms with Crippen LogP contribution in [0.5, 0.6) is 0 Å². The van der Waals surface area contributed by atoms with E-state index in [9.17, 15) is 14.7 Å². The largest absolute Gasteiger partial charge is 0.481 e. The Labute approximate surface area is 151 Å². The molecule has 3 saturated heterocycles. The zero-order chi connectivity index (χ0) is 17.6. The van der Waals surface area contributed by atoms with Crippen LogP contribution in [-0.4, -0.2) is 60.3 Å². The maximum absolute atomic E-state index is 12.9. The first-order valence-corrected chi connectivity index (χ1v) is 9.10. The summed E-state index contributed by atoms with van der Waals surface area (Å²) in [6.45, 7) is 2.61. The minimum atomic E-state index is -0.914. The highest BCUT2D eigenvalue weighted by Gasteiger charge is 2.56. The number of hydrogen-bond acceptors (Lipinski definition) is 4. The number of hydrogen-bond donors (Lipinski definition) is 1. The monoisotopic (exact) mass is 364 g/mol. The number of nitrogens with zero attached hydrogens (tertiary/aromatic N) is 2. The third kappa shape index (κ3) is 2.98. The number of carboxylic acid groups (broad SMARTS) is 1. The third-order valence-electron chi connectivity index (χ3n) is 5.61. The summed E-state index contributed by atoms with van der Waals surface area (Å²) in [4.78, 5) is 28.5. The molecular formula is C18H21ClN2O4. The zero-order valence-corrected chi connectivity index (χ0v) is 14.6. The van der Waals surface area contributed by atoms with E-state index >= 15 is 0 Å². The molecule has 134 valence electrons. The van der Waals surface area contributed by atoms with Crippen LogP contribution in [0.4, 0.5) is 5.69 Å². The van der Waals surface area contributed by atoms with Gasteiger partial charge in [-0.25, -0.2) is 0 Å². The molecular weight excluding hydrogens is 344 g/mol. The second-order valence-electron chi connectivity index (χ2n) is 6.97. The predicted octanol–water partition coefficient (Wildman–Crippen LogP) is 1.87. The highest BCUT2D eigenvalue weighted by molar-refractivity contribution is 6.30. The van der Waals surface area contributed by atoms with Crippen LogP contribution in [0.25, 0.3) is 0 Å². The number of anilines is 1. The molecule has 4 atom stereocenters. The van der Waals surface area contributed by atoms with E-state index in [1.807, 2.05) is 24.3 Å². The van der Waals surface area contributed by atoms with Crippen LogP contribution in [0.2, 0.25) is 5.02 Å². The Bertz CT molecular complexity index is 689. The number of carbonyl (C=O) groups excluding carboxylic acids is 1. The Morgan fingerprint density at radius 3 is 2.40 bits per heavy atom. The quantitative estimate of drug-likeness (QED) is 0.886. The maximum Gasteiger partial charge on any atom is 0.310 e. The summed E-state index contributed by atoms with van der Waals surface area (Å²) in [5, 5.41) is 10.2. The molecule has 3 aliphatic heterocycles. The topological polar surface area (TPSA) is 70.1 Å².